The molecule has 160 valence electrons. The molecule has 2 aromatic carbocycles. The van der Waals surface area contributed by atoms with Crippen LogP contribution in [0.5, 0.6) is 5.75 Å². The average Bonchev–Trinajstić information content (AvgIpc) is 3.16. The number of halogens is 1. The van der Waals surface area contributed by atoms with Crippen molar-refractivity contribution in [3.8, 4) is 16.9 Å². The fourth-order valence-electron chi connectivity index (χ4n) is 4.16. The van der Waals surface area contributed by atoms with Crippen LogP contribution in [0, 0.1) is 5.92 Å². The zero-order valence-electron chi connectivity index (χ0n) is 17.5. The third-order valence-electron chi connectivity index (χ3n) is 5.86. The molecule has 3 aromatic rings. The van der Waals surface area contributed by atoms with Gasteiger partial charge in [-0.25, -0.2) is 0 Å². The molecule has 0 aliphatic carbocycles. The van der Waals surface area contributed by atoms with E-state index in [9.17, 15) is 4.79 Å². The average molecular weight is 429 g/mol. The molecule has 0 atom stereocenters. The van der Waals surface area contributed by atoms with Crippen molar-refractivity contribution >= 4 is 29.3 Å². The molecular weight excluding hydrogens is 400 g/mol. The minimum Gasteiger partial charge on any atom is -0.497 e. The van der Waals surface area contributed by atoms with Crippen LogP contribution in [-0.2, 0) is 0 Å². The molecule has 1 N–H and O–H groups in total. The van der Waals surface area contributed by atoms with Gasteiger partial charge in [-0.2, -0.15) is 0 Å². The van der Waals surface area contributed by atoms with Gasteiger partial charge in [-0.15, -0.1) is 12.4 Å². The first-order chi connectivity index (χ1) is 14.2. The fraction of sp³-hybridized carbons (Fsp3) is 0.375. The Morgan fingerprint density at radius 2 is 1.90 bits per heavy atom. The van der Waals surface area contributed by atoms with Gasteiger partial charge in [0.05, 0.1) is 7.11 Å². The molecule has 0 bridgehead atoms. The van der Waals surface area contributed by atoms with Gasteiger partial charge in [0.1, 0.15) is 11.3 Å². The number of carbonyl (C=O) groups is 1. The highest BCUT2D eigenvalue weighted by molar-refractivity contribution is 6.08. The number of amides is 1. The second-order valence-corrected chi connectivity index (χ2v) is 7.66. The molecule has 0 radical (unpaired) electrons. The van der Waals surface area contributed by atoms with Crippen molar-refractivity contribution in [3.63, 3.8) is 0 Å². The monoisotopic (exact) mass is 428 g/mol. The van der Waals surface area contributed by atoms with Crippen molar-refractivity contribution < 1.29 is 13.9 Å². The first-order valence-electron chi connectivity index (χ1n) is 10.3. The van der Waals surface area contributed by atoms with Crippen LogP contribution >= 0.6 is 12.4 Å². The lowest BCUT2D eigenvalue weighted by Gasteiger charge is -2.31. The summed E-state index contributed by atoms with van der Waals surface area (Å²) in [5.41, 5.74) is 2.53. The van der Waals surface area contributed by atoms with Crippen molar-refractivity contribution in [2.45, 2.75) is 19.3 Å². The van der Waals surface area contributed by atoms with Gasteiger partial charge in [0.25, 0.3) is 5.91 Å². The van der Waals surface area contributed by atoms with E-state index in [1.807, 2.05) is 60.5 Å². The van der Waals surface area contributed by atoms with Gasteiger partial charge in [-0.3, -0.25) is 4.79 Å². The Morgan fingerprint density at radius 3 is 2.57 bits per heavy atom. The summed E-state index contributed by atoms with van der Waals surface area (Å²) in [5.74, 6) is 1.80. The summed E-state index contributed by atoms with van der Waals surface area (Å²) in [6.07, 6.45) is 3.25. The number of nitrogens with zero attached hydrogens (tertiary/aromatic N) is 1. The summed E-state index contributed by atoms with van der Waals surface area (Å²) in [5, 5.41) is 4.15. The zero-order valence-corrected chi connectivity index (χ0v) is 18.3. The quantitative estimate of drug-likeness (QED) is 0.600. The molecule has 0 saturated carbocycles. The van der Waals surface area contributed by atoms with Crippen molar-refractivity contribution in [2.75, 3.05) is 33.8 Å². The molecule has 1 aliphatic rings. The second-order valence-electron chi connectivity index (χ2n) is 7.66. The summed E-state index contributed by atoms with van der Waals surface area (Å²) in [7, 11) is 3.62. The third kappa shape index (κ3) is 4.47. The number of hydrogen-bond donors (Lipinski definition) is 1. The molecule has 1 aliphatic heterocycles. The van der Waals surface area contributed by atoms with Gasteiger partial charge in [-0.05, 0) is 56.5 Å². The maximum atomic E-state index is 13.4. The number of ether oxygens (including phenoxy) is 1. The van der Waals surface area contributed by atoms with Crippen LogP contribution in [0.3, 0.4) is 0 Å². The van der Waals surface area contributed by atoms with Crippen molar-refractivity contribution in [2.24, 2.45) is 5.92 Å². The summed E-state index contributed by atoms with van der Waals surface area (Å²) in [6.45, 7) is 2.59. The largest absolute Gasteiger partial charge is 0.497 e. The van der Waals surface area contributed by atoms with Crippen LogP contribution in [0.1, 0.15) is 29.8 Å². The molecular formula is C24H29ClN2O3. The lowest BCUT2D eigenvalue weighted by molar-refractivity contribution is 0.0658. The van der Waals surface area contributed by atoms with E-state index in [0.717, 1.165) is 61.2 Å². The van der Waals surface area contributed by atoms with Gasteiger partial charge in [0.2, 0.25) is 5.76 Å². The SMILES string of the molecule is CNCCC1CCN(C(=O)c2oc3cc(OC)ccc3c2-c2ccccc2)CC1.Cl. The van der Waals surface area contributed by atoms with Crippen molar-refractivity contribution in [1.29, 1.82) is 0 Å². The van der Waals surface area contributed by atoms with Gasteiger partial charge < -0.3 is 19.4 Å². The van der Waals surface area contributed by atoms with Gasteiger partial charge >= 0.3 is 0 Å². The van der Waals surface area contributed by atoms with E-state index in [1.165, 1.54) is 0 Å². The van der Waals surface area contributed by atoms with Gasteiger partial charge in [-0.1, -0.05) is 30.3 Å². The number of benzene rings is 2. The Bertz CT molecular complexity index is 979. The number of furan rings is 1. The molecule has 0 spiro atoms. The summed E-state index contributed by atoms with van der Waals surface area (Å²) in [4.78, 5) is 15.4. The number of nitrogens with one attached hydrogen (secondary N) is 1. The number of methoxy groups -OCH3 is 1. The van der Waals surface area contributed by atoms with E-state index in [0.29, 0.717) is 17.3 Å². The molecule has 0 unspecified atom stereocenters. The second kappa shape index (κ2) is 10.0. The molecule has 4 rings (SSSR count). The zero-order chi connectivity index (χ0) is 20.2. The molecule has 1 amide bonds. The van der Waals surface area contributed by atoms with Gasteiger partial charge in [0, 0.05) is 30.1 Å². The molecule has 1 saturated heterocycles. The van der Waals surface area contributed by atoms with Crippen LogP contribution in [-0.4, -0.2) is 44.6 Å². The van der Waals surface area contributed by atoms with E-state index in [-0.39, 0.29) is 18.3 Å². The standard InChI is InChI=1S/C24H28N2O3.ClH/c1-25-13-10-17-11-14-26(15-12-17)24(27)23-22(18-6-4-3-5-7-18)20-9-8-19(28-2)16-21(20)29-23;/h3-9,16-17,25H,10-15H2,1-2H3;1H. The first kappa shape index (κ1) is 22.2. The predicted molar refractivity (Wildman–Crippen MR) is 123 cm³/mol. The number of likely N-dealkylation sites (tertiary alicyclic amines) is 1. The summed E-state index contributed by atoms with van der Waals surface area (Å²) in [6, 6.07) is 15.7. The van der Waals surface area contributed by atoms with Crippen LogP contribution in [0.4, 0.5) is 0 Å². The van der Waals surface area contributed by atoms with E-state index < -0.39 is 0 Å². The summed E-state index contributed by atoms with van der Waals surface area (Å²) >= 11 is 0. The minimum absolute atomic E-state index is 0. The minimum atomic E-state index is -0.0221. The Labute approximate surface area is 183 Å². The van der Waals surface area contributed by atoms with Crippen LogP contribution in [0.15, 0.2) is 52.9 Å². The van der Waals surface area contributed by atoms with Crippen LogP contribution < -0.4 is 10.1 Å². The third-order valence-corrected chi connectivity index (χ3v) is 5.86. The highest BCUT2D eigenvalue weighted by atomic mass is 35.5. The fourth-order valence-corrected chi connectivity index (χ4v) is 4.16. The number of hydrogen-bond acceptors (Lipinski definition) is 4. The molecule has 2 heterocycles. The Hall–Kier alpha value is -2.50. The number of rotatable bonds is 6. The Morgan fingerprint density at radius 1 is 1.17 bits per heavy atom. The molecule has 1 aromatic heterocycles. The first-order valence-corrected chi connectivity index (χ1v) is 10.3. The van der Waals surface area contributed by atoms with Crippen LogP contribution in [0.2, 0.25) is 0 Å². The maximum Gasteiger partial charge on any atom is 0.290 e. The maximum absolute atomic E-state index is 13.4. The molecule has 6 heteroatoms. The van der Waals surface area contributed by atoms with E-state index >= 15 is 0 Å². The lowest BCUT2D eigenvalue weighted by atomic mass is 9.93. The van der Waals surface area contributed by atoms with Gasteiger partial charge in [0.15, 0.2) is 0 Å². The smallest absolute Gasteiger partial charge is 0.290 e. The van der Waals surface area contributed by atoms with Crippen molar-refractivity contribution in [1.82, 2.24) is 10.2 Å². The Balaban J connectivity index is 0.00000256. The number of carbonyl (C=O) groups excluding carboxylic acids is 1. The van der Waals surface area contributed by atoms with E-state index in [1.54, 1.807) is 7.11 Å². The summed E-state index contributed by atoms with van der Waals surface area (Å²) < 4.78 is 11.5. The molecule has 1 fully saturated rings. The van der Waals surface area contributed by atoms with E-state index in [2.05, 4.69) is 5.32 Å². The Kier molecular flexibility index (Phi) is 7.40. The number of piperidine rings is 1. The highest BCUT2D eigenvalue weighted by Crippen LogP contribution is 2.37. The normalized spacial score (nSPS) is 14.5. The van der Waals surface area contributed by atoms with Crippen molar-refractivity contribution in [3.05, 3.63) is 54.3 Å². The van der Waals surface area contributed by atoms with Crippen LogP contribution in [0.25, 0.3) is 22.1 Å². The molecule has 5 nitrogen and oxygen atoms in total. The highest BCUT2D eigenvalue weighted by Gasteiger charge is 2.29. The van der Waals surface area contributed by atoms with E-state index in [4.69, 9.17) is 9.15 Å². The predicted octanol–water partition coefficient (Wildman–Crippen LogP) is 4.99. The lowest BCUT2D eigenvalue weighted by Crippen LogP contribution is -2.39. The topological polar surface area (TPSA) is 54.7 Å². The molecule has 30 heavy (non-hydrogen) atoms. The number of fused-ring (bicyclic) bond motifs is 1.